The molecule has 0 spiro atoms. The lowest BCUT2D eigenvalue weighted by Gasteiger charge is -2.34. The van der Waals surface area contributed by atoms with Gasteiger partial charge in [-0.05, 0) is 38.5 Å². The van der Waals surface area contributed by atoms with Crippen molar-refractivity contribution >= 4 is 11.6 Å². The summed E-state index contributed by atoms with van der Waals surface area (Å²) in [4.78, 5) is 8.86. The molecule has 1 rings (SSSR count). The average Bonchev–Trinajstić information content (AvgIpc) is 2.32. The van der Waals surface area contributed by atoms with Crippen LogP contribution in [0.4, 0.5) is 11.6 Å². The summed E-state index contributed by atoms with van der Waals surface area (Å²) in [5.74, 6) is 1.92. The maximum atomic E-state index is 4.47. The minimum Gasteiger partial charge on any atom is -0.370 e. The van der Waals surface area contributed by atoms with Gasteiger partial charge in [0.1, 0.15) is 18.0 Å². The van der Waals surface area contributed by atoms with Gasteiger partial charge in [0.25, 0.3) is 0 Å². The molecule has 0 aliphatic carbocycles. The molecule has 0 amide bonds. The summed E-state index contributed by atoms with van der Waals surface area (Å²) >= 11 is 0. The first kappa shape index (κ1) is 17.7. The molecule has 21 heavy (non-hydrogen) atoms. The third-order valence-electron chi connectivity index (χ3n) is 3.27. The zero-order chi connectivity index (χ0) is 16.1. The Morgan fingerprint density at radius 2 is 1.62 bits per heavy atom. The van der Waals surface area contributed by atoms with Crippen LogP contribution in [0.2, 0.25) is 0 Å². The molecule has 0 aliphatic rings. The van der Waals surface area contributed by atoms with Gasteiger partial charge in [0.15, 0.2) is 0 Å². The molecule has 0 bridgehead atoms. The molecule has 1 aromatic rings. The Labute approximate surface area is 130 Å². The molecule has 1 aromatic heterocycles. The van der Waals surface area contributed by atoms with E-state index in [1.54, 1.807) is 6.33 Å². The van der Waals surface area contributed by atoms with E-state index in [9.17, 15) is 0 Å². The first-order valence-electron chi connectivity index (χ1n) is 8.04. The highest BCUT2D eigenvalue weighted by molar-refractivity contribution is 5.58. The standard InChI is InChI=1S/C17H32N4/c1-8-10-18-14-13(9-2)15(20-12-19-14)21-17(6,7)11-16(3,4)5/h12H,8-11H2,1-7H3,(H2,18,19,20,21). The van der Waals surface area contributed by atoms with Gasteiger partial charge in [-0.2, -0.15) is 0 Å². The van der Waals surface area contributed by atoms with Gasteiger partial charge >= 0.3 is 0 Å². The summed E-state index contributed by atoms with van der Waals surface area (Å²) in [6.45, 7) is 16.5. The van der Waals surface area contributed by atoms with Gasteiger partial charge in [-0.1, -0.05) is 34.6 Å². The Hall–Kier alpha value is -1.32. The van der Waals surface area contributed by atoms with Crippen molar-refractivity contribution in [1.29, 1.82) is 0 Å². The molecule has 0 saturated carbocycles. The second-order valence-electron chi connectivity index (χ2n) is 7.58. The molecular weight excluding hydrogens is 260 g/mol. The molecule has 0 unspecified atom stereocenters. The van der Waals surface area contributed by atoms with Crippen molar-refractivity contribution in [3.05, 3.63) is 11.9 Å². The van der Waals surface area contributed by atoms with Gasteiger partial charge in [0.2, 0.25) is 0 Å². The number of nitrogens with one attached hydrogen (secondary N) is 2. The van der Waals surface area contributed by atoms with E-state index in [0.29, 0.717) is 0 Å². The lowest BCUT2D eigenvalue weighted by molar-refractivity contribution is 0.302. The normalized spacial score (nSPS) is 12.3. The predicted molar refractivity (Wildman–Crippen MR) is 92.0 cm³/mol. The third-order valence-corrected chi connectivity index (χ3v) is 3.27. The van der Waals surface area contributed by atoms with Crippen LogP contribution in [0.1, 0.15) is 66.9 Å². The van der Waals surface area contributed by atoms with Gasteiger partial charge < -0.3 is 10.6 Å². The van der Waals surface area contributed by atoms with Crippen molar-refractivity contribution in [1.82, 2.24) is 9.97 Å². The molecule has 1 heterocycles. The van der Waals surface area contributed by atoms with Crippen LogP contribution in [0.25, 0.3) is 0 Å². The zero-order valence-corrected chi connectivity index (χ0v) is 14.8. The second-order valence-corrected chi connectivity index (χ2v) is 7.58. The molecule has 0 aliphatic heterocycles. The lowest BCUT2D eigenvalue weighted by atomic mass is 9.82. The fraction of sp³-hybridized carbons (Fsp3) is 0.765. The number of anilines is 2. The van der Waals surface area contributed by atoms with Gasteiger partial charge in [-0.25, -0.2) is 9.97 Å². The molecular formula is C17H32N4. The van der Waals surface area contributed by atoms with Crippen LogP contribution in [0.3, 0.4) is 0 Å². The quantitative estimate of drug-likeness (QED) is 0.777. The molecule has 2 N–H and O–H groups in total. The third kappa shape index (κ3) is 5.90. The molecule has 0 saturated heterocycles. The van der Waals surface area contributed by atoms with Gasteiger partial charge in [0, 0.05) is 17.6 Å². The van der Waals surface area contributed by atoms with Crippen LogP contribution >= 0.6 is 0 Å². The summed E-state index contributed by atoms with van der Waals surface area (Å²) in [6.07, 6.45) is 4.73. The van der Waals surface area contributed by atoms with Crippen molar-refractivity contribution in [2.24, 2.45) is 5.41 Å². The minimum absolute atomic E-state index is 0.00144. The molecule has 120 valence electrons. The Balaban J connectivity index is 2.97. The van der Waals surface area contributed by atoms with E-state index < -0.39 is 0 Å². The summed E-state index contributed by atoms with van der Waals surface area (Å²) in [5, 5.41) is 7.02. The largest absolute Gasteiger partial charge is 0.370 e. The average molecular weight is 292 g/mol. The molecule has 0 radical (unpaired) electrons. The van der Waals surface area contributed by atoms with E-state index in [0.717, 1.165) is 37.4 Å². The monoisotopic (exact) mass is 292 g/mol. The van der Waals surface area contributed by atoms with E-state index in [4.69, 9.17) is 0 Å². The van der Waals surface area contributed by atoms with Gasteiger partial charge in [-0.3, -0.25) is 0 Å². The number of hydrogen-bond donors (Lipinski definition) is 2. The molecule has 0 aromatic carbocycles. The maximum absolute atomic E-state index is 4.47. The van der Waals surface area contributed by atoms with Crippen LogP contribution < -0.4 is 10.6 Å². The summed E-state index contributed by atoms with van der Waals surface area (Å²) < 4.78 is 0. The highest BCUT2D eigenvalue weighted by Crippen LogP contribution is 2.31. The smallest absolute Gasteiger partial charge is 0.135 e. The summed E-state index contributed by atoms with van der Waals surface area (Å²) in [5.41, 5.74) is 1.45. The molecule has 0 atom stereocenters. The minimum atomic E-state index is -0.00144. The Morgan fingerprint density at radius 1 is 1.00 bits per heavy atom. The van der Waals surface area contributed by atoms with Gasteiger partial charge in [-0.15, -0.1) is 0 Å². The highest BCUT2D eigenvalue weighted by atomic mass is 15.1. The Kier molecular flexibility index (Phi) is 5.99. The van der Waals surface area contributed by atoms with Crippen LogP contribution in [-0.2, 0) is 6.42 Å². The topological polar surface area (TPSA) is 49.8 Å². The van der Waals surface area contributed by atoms with Crippen molar-refractivity contribution in [3.8, 4) is 0 Å². The molecule has 4 heteroatoms. The lowest BCUT2D eigenvalue weighted by Crippen LogP contribution is -2.36. The van der Waals surface area contributed by atoms with E-state index in [-0.39, 0.29) is 11.0 Å². The summed E-state index contributed by atoms with van der Waals surface area (Å²) in [6, 6.07) is 0. The van der Waals surface area contributed by atoms with Crippen molar-refractivity contribution in [3.63, 3.8) is 0 Å². The predicted octanol–water partition coefficient (Wildman–Crippen LogP) is 4.49. The van der Waals surface area contributed by atoms with E-state index in [1.807, 2.05) is 0 Å². The number of hydrogen-bond acceptors (Lipinski definition) is 4. The first-order chi connectivity index (χ1) is 9.68. The zero-order valence-electron chi connectivity index (χ0n) is 14.8. The summed E-state index contributed by atoms with van der Waals surface area (Å²) in [7, 11) is 0. The second kappa shape index (κ2) is 7.10. The number of nitrogens with zero attached hydrogens (tertiary/aromatic N) is 2. The highest BCUT2D eigenvalue weighted by Gasteiger charge is 2.26. The molecule has 0 fully saturated rings. The maximum Gasteiger partial charge on any atom is 0.135 e. The van der Waals surface area contributed by atoms with Crippen molar-refractivity contribution in [2.75, 3.05) is 17.2 Å². The van der Waals surface area contributed by atoms with Crippen LogP contribution in [0, 0.1) is 5.41 Å². The van der Waals surface area contributed by atoms with E-state index in [2.05, 4.69) is 69.1 Å². The SMILES string of the molecule is CCCNc1ncnc(NC(C)(C)CC(C)(C)C)c1CC. The van der Waals surface area contributed by atoms with Crippen molar-refractivity contribution < 1.29 is 0 Å². The number of aromatic nitrogens is 2. The van der Waals surface area contributed by atoms with E-state index in [1.165, 1.54) is 5.56 Å². The molecule has 4 nitrogen and oxygen atoms in total. The Bertz CT molecular complexity index is 447. The fourth-order valence-corrected chi connectivity index (χ4v) is 2.94. The van der Waals surface area contributed by atoms with Crippen LogP contribution in [0.15, 0.2) is 6.33 Å². The van der Waals surface area contributed by atoms with Crippen molar-refractivity contribution in [2.45, 2.75) is 73.3 Å². The van der Waals surface area contributed by atoms with E-state index >= 15 is 0 Å². The Morgan fingerprint density at radius 3 is 2.14 bits per heavy atom. The first-order valence-corrected chi connectivity index (χ1v) is 8.04. The van der Waals surface area contributed by atoms with Crippen LogP contribution in [0.5, 0.6) is 0 Å². The van der Waals surface area contributed by atoms with Crippen LogP contribution in [-0.4, -0.2) is 22.1 Å². The number of rotatable bonds is 7. The fourth-order valence-electron chi connectivity index (χ4n) is 2.94. The van der Waals surface area contributed by atoms with Gasteiger partial charge in [0.05, 0.1) is 0 Å².